The lowest BCUT2D eigenvalue weighted by Crippen LogP contribution is -2.40. The Morgan fingerprint density at radius 3 is 2.35 bits per heavy atom. The third kappa shape index (κ3) is 5.39. The number of benzene rings is 2. The number of imidazole rings is 1. The summed E-state index contributed by atoms with van der Waals surface area (Å²) in [7, 11) is 0. The van der Waals surface area contributed by atoms with Gasteiger partial charge in [0.25, 0.3) is 5.91 Å². The highest BCUT2D eigenvalue weighted by molar-refractivity contribution is 5.94. The summed E-state index contributed by atoms with van der Waals surface area (Å²) in [5.74, 6) is -0.147. The van der Waals surface area contributed by atoms with Crippen LogP contribution >= 0.6 is 0 Å². The molecule has 3 aromatic rings. The van der Waals surface area contributed by atoms with Gasteiger partial charge in [-0.3, -0.25) is 4.79 Å². The number of hydrogen-bond donors (Lipinski definition) is 2. The summed E-state index contributed by atoms with van der Waals surface area (Å²) >= 11 is 0. The molecular weight excluding hydrogens is 443 g/mol. The second-order valence-electron chi connectivity index (χ2n) is 8.51. The van der Waals surface area contributed by atoms with E-state index in [0.29, 0.717) is 24.1 Å². The monoisotopic (exact) mass is 467 g/mol. The zero-order valence-corrected chi connectivity index (χ0v) is 18.6. The fourth-order valence-electron chi connectivity index (χ4n) is 4.20. The van der Waals surface area contributed by atoms with Crippen molar-refractivity contribution in [2.75, 3.05) is 5.32 Å². The van der Waals surface area contributed by atoms with Crippen LogP contribution in [-0.2, 0) is 6.18 Å². The maximum absolute atomic E-state index is 13.2. The SMILES string of the molecule is Cc1cn(-c2ccc(C(=O)NC3CCC(Nc4ccc(C#N)c(C(F)(F)F)c4)CC3)cc2)cn1. The molecule has 4 rings (SSSR count). The molecule has 6 nitrogen and oxygen atoms in total. The standard InChI is InChI=1S/C25H24F3N5O/c1-16-14-33(15-30-16)22-10-3-17(4-11-22)24(34)32-20-8-6-19(7-9-20)31-21-5-2-18(13-29)23(12-21)25(26,27)28/h2-5,10-12,14-15,19-20,31H,6-9H2,1H3,(H,32,34). The van der Waals surface area contributed by atoms with Crippen LogP contribution in [0.25, 0.3) is 5.69 Å². The number of aryl methyl sites for hydroxylation is 1. The third-order valence-corrected chi connectivity index (χ3v) is 6.02. The average Bonchev–Trinajstić information content (AvgIpc) is 3.26. The van der Waals surface area contributed by atoms with Gasteiger partial charge >= 0.3 is 6.18 Å². The number of rotatable bonds is 5. The van der Waals surface area contributed by atoms with Crippen LogP contribution in [0.1, 0.15) is 52.9 Å². The summed E-state index contributed by atoms with van der Waals surface area (Å²) in [6.07, 6.45) is 1.91. The van der Waals surface area contributed by atoms with E-state index in [2.05, 4.69) is 15.6 Å². The molecular formula is C25H24F3N5O. The molecule has 0 atom stereocenters. The fourth-order valence-corrected chi connectivity index (χ4v) is 4.20. The topological polar surface area (TPSA) is 82.7 Å². The van der Waals surface area contributed by atoms with Gasteiger partial charge in [0, 0.05) is 35.2 Å². The molecule has 34 heavy (non-hydrogen) atoms. The van der Waals surface area contributed by atoms with Gasteiger partial charge < -0.3 is 15.2 Å². The van der Waals surface area contributed by atoms with E-state index in [1.54, 1.807) is 24.5 Å². The lowest BCUT2D eigenvalue weighted by molar-refractivity contribution is -0.137. The lowest BCUT2D eigenvalue weighted by Gasteiger charge is -2.30. The van der Waals surface area contributed by atoms with Crippen LogP contribution in [-0.4, -0.2) is 27.5 Å². The second kappa shape index (κ2) is 9.59. The number of amides is 1. The molecule has 0 aliphatic heterocycles. The summed E-state index contributed by atoms with van der Waals surface area (Å²) in [4.78, 5) is 16.8. The first-order chi connectivity index (χ1) is 16.2. The van der Waals surface area contributed by atoms with Crippen LogP contribution < -0.4 is 10.6 Å². The molecule has 1 heterocycles. The molecule has 0 spiro atoms. The highest BCUT2D eigenvalue weighted by Gasteiger charge is 2.34. The van der Waals surface area contributed by atoms with Gasteiger partial charge in [0.15, 0.2) is 0 Å². The van der Waals surface area contributed by atoms with Gasteiger partial charge in [-0.15, -0.1) is 0 Å². The Morgan fingerprint density at radius 1 is 1.09 bits per heavy atom. The largest absolute Gasteiger partial charge is 0.417 e. The van der Waals surface area contributed by atoms with E-state index in [1.807, 2.05) is 29.8 Å². The van der Waals surface area contributed by atoms with Crippen molar-refractivity contribution in [3.05, 3.63) is 77.4 Å². The minimum atomic E-state index is -4.58. The number of nitrogens with one attached hydrogen (secondary N) is 2. The molecule has 9 heteroatoms. The zero-order valence-electron chi connectivity index (χ0n) is 18.6. The number of aromatic nitrogens is 2. The van der Waals surface area contributed by atoms with Crippen molar-refractivity contribution in [3.8, 4) is 11.8 Å². The Kier molecular flexibility index (Phi) is 6.59. The Hall–Kier alpha value is -3.80. The van der Waals surface area contributed by atoms with Crippen LogP contribution in [0.2, 0.25) is 0 Å². The fraction of sp³-hybridized carbons (Fsp3) is 0.320. The third-order valence-electron chi connectivity index (χ3n) is 6.02. The average molecular weight is 467 g/mol. The Bertz CT molecular complexity index is 1200. The second-order valence-corrected chi connectivity index (χ2v) is 8.51. The zero-order chi connectivity index (χ0) is 24.3. The number of carbonyl (C=O) groups is 1. The van der Waals surface area contributed by atoms with Crippen molar-refractivity contribution in [1.82, 2.24) is 14.9 Å². The number of hydrogen-bond acceptors (Lipinski definition) is 4. The molecule has 1 fully saturated rings. The number of halogens is 3. The first-order valence-corrected chi connectivity index (χ1v) is 11.0. The normalized spacial score (nSPS) is 18.2. The van der Waals surface area contributed by atoms with Gasteiger partial charge in [-0.1, -0.05) is 0 Å². The number of anilines is 1. The molecule has 0 unspecified atom stereocenters. The van der Waals surface area contributed by atoms with E-state index in [4.69, 9.17) is 5.26 Å². The molecule has 0 bridgehead atoms. The molecule has 1 aliphatic carbocycles. The minimum absolute atomic E-state index is 0.0000850. The van der Waals surface area contributed by atoms with E-state index in [9.17, 15) is 18.0 Å². The predicted octanol–water partition coefficient (Wildman–Crippen LogP) is 5.22. The van der Waals surface area contributed by atoms with Gasteiger partial charge in [-0.05, 0) is 75.1 Å². The molecule has 1 aromatic heterocycles. The number of nitriles is 1. The van der Waals surface area contributed by atoms with Crippen molar-refractivity contribution >= 4 is 11.6 Å². The molecule has 1 saturated carbocycles. The van der Waals surface area contributed by atoms with Crippen molar-refractivity contribution in [2.24, 2.45) is 0 Å². The van der Waals surface area contributed by atoms with Crippen molar-refractivity contribution in [1.29, 1.82) is 5.26 Å². The molecule has 1 aliphatic rings. The van der Waals surface area contributed by atoms with Crippen LogP contribution in [0, 0.1) is 18.3 Å². The van der Waals surface area contributed by atoms with E-state index < -0.39 is 17.3 Å². The van der Waals surface area contributed by atoms with E-state index in [0.717, 1.165) is 30.3 Å². The van der Waals surface area contributed by atoms with Gasteiger partial charge in [0.05, 0.1) is 29.2 Å². The van der Waals surface area contributed by atoms with Gasteiger partial charge in [-0.2, -0.15) is 18.4 Å². The van der Waals surface area contributed by atoms with E-state index in [1.165, 1.54) is 12.1 Å². The number of alkyl halides is 3. The van der Waals surface area contributed by atoms with Crippen molar-refractivity contribution < 1.29 is 18.0 Å². The molecule has 0 saturated heterocycles. The number of nitrogens with zero attached hydrogens (tertiary/aromatic N) is 3. The van der Waals surface area contributed by atoms with Crippen LogP contribution in [0.5, 0.6) is 0 Å². The Balaban J connectivity index is 1.30. The van der Waals surface area contributed by atoms with E-state index >= 15 is 0 Å². The first-order valence-electron chi connectivity index (χ1n) is 11.0. The van der Waals surface area contributed by atoms with Gasteiger partial charge in [0.1, 0.15) is 0 Å². The lowest BCUT2D eigenvalue weighted by atomic mass is 9.90. The van der Waals surface area contributed by atoms with Crippen LogP contribution in [0.15, 0.2) is 55.0 Å². The van der Waals surface area contributed by atoms with E-state index in [-0.39, 0.29) is 18.0 Å². The summed E-state index contributed by atoms with van der Waals surface area (Å²) in [5.41, 5.74) is 1.41. The Morgan fingerprint density at radius 2 is 1.76 bits per heavy atom. The summed E-state index contributed by atoms with van der Waals surface area (Å²) in [5, 5.41) is 15.1. The van der Waals surface area contributed by atoms with Crippen LogP contribution in [0.3, 0.4) is 0 Å². The maximum atomic E-state index is 13.2. The predicted molar refractivity (Wildman–Crippen MR) is 122 cm³/mol. The highest BCUT2D eigenvalue weighted by Crippen LogP contribution is 2.34. The van der Waals surface area contributed by atoms with Crippen LogP contribution in [0.4, 0.5) is 18.9 Å². The van der Waals surface area contributed by atoms with Gasteiger partial charge in [0.2, 0.25) is 0 Å². The summed E-state index contributed by atoms with van der Waals surface area (Å²) < 4.78 is 41.5. The summed E-state index contributed by atoms with van der Waals surface area (Å²) in [6.45, 7) is 1.91. The maximum Gasteiger partial charge on any atom is 0.417 e. The minimum Gasteiger partial charge on any atom is -0.382 e. The van der Waals surface area contributed by atoms with Gasteiger partial charge in [-0.25, -0.2) is 4.98 Å². The molecule has 2 N–H and O–H groups in total. The quantitative estimate of drug-likeness (QED) is 0.539. The first kappa shape index (κ1) is 23.4. The number of carbonyl (C=O) groups excluding carboxylic acids is 1. The molecule has 176 valence electrons. The Labute approximate surface area is 195 Å². The van der Waals surface area contributed by atoms with Crippen molar-refractivity contribution in [2.45, 2.75) is 50.9 Å². The molecule has 1 amide bonds. The summed E-state index contributed by atoms with van der Waals surface area (Å²) in [6, 6.07) is 12.6. The molecule has 0 radical (unpaired) electrons. The smallest absolute Gasteiger partial charge is 0.382 e. The van der Waals surface area contributed by atoms with Crippen molar-refractivity contribution in [3.63, 3.8) is 0 Å². The molecule has 2 aromatic carbocycles. The highest BCUT2D eigenvalue weighted by atomic mass is 19.4.